The van der Waals surface area contributed by atoms with E-state index in [1.165, 1.54) is 7.05 Å². The van der Waals surface area contributed by atoms with Gasteiger partial charge in [-0.05, 0) is 50.3 Å². The second-order valence-corrected chi connectivity index (χ2v) is 8.77. The van der Waals surface area contributed by atoms with Crippen LogP contribution in [0.5, 0.6) is 0 Å². The van der Waals surface area contributed by atoms with E-state index in [2.05, 4.69) is 20.6 Å². The fraction of sp³-hybridized carbons (Fsp3) is 0.300. The molecule has 1 heterocycles. The quantitative estimate of drug-likeness (QED) is 0.503. The van der Waals surface area contributed by atoms with Crippen molar-refractivity contribution in [1.29, 1.82) is 0 Å². The van der Waals surface area contributed by atoms with Gasteiger partial charge in [-0.25, -0.2) is 27.2 Å². The highest BCUT2D eigenvalue weighted by Crippen LogP contribution is 2.22. The molecule has 0 bridgehead atoms. The highest BCUT2D eigenvalue weighted by atomic mass is 32.2. The minimum absolute atomic E-state index is 0.128. The van der Waals surface area contributed by atoms with E-state index in [4.69, 9.17) is 0 Å². The van der Waals surface area contributed by atoms with E-state index in [-0.39, 0.29) is 11.4 Å². The van der Waals surface area contributed by atoms with E-state index in [0.29, 0.717) is 29.8 Å². The van der Waals surface area contributed by atoms with Gasteiger partial charge < -0.3 is 10.6 Å². The van der Waals surface area contributed by atoms with Gasteiger partial charge in [0.15, 0.2) is 11.6 Å². The molecule has 10 heteroatoms. The Kier molecular flexibility index (Phi) is 6.91. The Bertz CT molecular complexity index is 1140. The number of para-hydroxylation sites is 1. The summed E-state index contributed by atoms with van der Waals surface area (Å²) in [5.41, 5.74) is 0.678. The van der Waals surface area contributed by atoms with Crippen LogP contribution in [0.25, 0.3) is 10.9 Å². The Morgan fingerprint density at radius 1 is 1.03 bits per heavy atom. The Morgan fingerprint density at radius 2 is 1.80 bits per heavy atom. The monoisotopic (exact) mass is 435 g/mol. The first-order valence-electron chi connectivity index (χ1n) is 9.38. The molecule has 3 aromatic rings. The Hall–Kier alpha value is -2.69. The molecule has 2 aromatic carbocycles. The number of hydrogen-bond acceptors (Lipinski definition) is 6. The number of benzene rings is 2. The van der Waals surface area contributed by atoms with Crippen LogP contribution in [0.2, 0.25) is 0 Å². The second-order valence-electron chi connectivity index (χ2n) is 6.73. The van der Waals surface area contributed by atoms with Crippen LogP contribution in [0.3, 0.4) is 0 Å². The van der Waals surface area contributed by atoms with E-state index in [1.54, 1.807) is 0 Å². The van der Waals surface area contributed by atoms with Crippen molar-refractivity contribution >= 4 is 26.7 Å². The zero-order valence-electron chi connectivity index (χ0n) is 16.7. The van der Waals surface area contributed by atoms with Crippen molar-refractivity contribution in [2.24, 2.45) is 0 Å². The van der Waals surface area contributed by atoms with Crippen molar-refractivity contribution in [2.45, 2.75) is 17.9 Å². The Labute approximate surface area is 174 Å². The van der Waals surface area contributed by atoms with Gasteiger partial charge in [-0.1, -0.05) is 12.1 Å². The third-order valence-corrected chi connectivity index (χ3v) is 6.31. The predicted octanol–water partition coefficient (Wildman–Crippen LogP) is 2.75. The zero-order valence-corrected chi connectivity index (χ0v) is 17.5. The molecule has 30 heavy (non-hydrogen) atoms. The summed E-state index contributed by atoms with van der Waals surface area (Å²) in [4.78, 5) is 8.61. The van der Waals surface area contributed by atoms with E-state index >= 15 is 0 Å². The number of anilines is 1. The van der Waals surface area contributed by atoms with Crippen molar-refractivity contribution in [3.63, 3.8) is 0 Å². The molecule has 0 radical (unpaired) electrons. The smallest absolute Gasteiger partial charge is 0.243 e. The maximum absolute atomic E-state index is 13.5. The van der Waals surface area contributed by atoms with Crippen LogP contribution in [-0.4, -0.2) is 49.9 Å². The van der Waals surface area contributed by atoms with E-state index < -0.39 is 21.7 Å². The van der Waals surface area contributed by atoms with Gasteiger partial charge in [0.05, 0.1) is 17.0 Å². The number of aromatic nitrogens is 2. The lowest BCUT2D eigenvalue weighted by Crippen LogP contribution is -2.27. The molecule has 0 amide bonds. The molecule has 0 saturated heterocycles. The minimum atomic E-state index is -4.05. The summed E-state index contributed by atoms with van der Waals surface area (Å²) in [7, 11) is -0.830. The lowest BCUT2D eigenvalue weighted by molar-refractivity contribution is 0.455. The van der Waals surface area contributed by atoms with Gasteiger partial charge in [-0.3, -0.25) is 0 Å². The Balaban J connectivity index is 1.87. The first-order chi connectivity index (χ1) is 14.3. The van der Waals surface area contributed by atoms with Gasteiger partial charge in [-0.2, -0.15) is 4.31 Å². The molecule has 0 aliphatic carbocycles. The molecule has 0 unspecified atom stereocenters. The molecule has 7 nitrogen and oxygen atoms in total. The molecule has 2 N–H and O–H groups in total. The number of hydrogen-bond donors (Lipinski definition) is 2. The molecule has 0 saturated carbocycles. The lowest BCUT2D eigenvalue weighted by Gasteiger charge is -2.18. The second kappa shape index (κ2) is 9.41. The first-order valence-corrected chi connectivity index (χ1v) is 10.8. The van der Waals surface area contributed by atoms with Gasteiger partial charge in [0, 0.05) is 19.0 Å². The van der Waals surface area contributed by atoms with Crippen molar-refractivity contribution in [2.75, 3.05) is 32.5 Å². The van der Waals surface area contributed by atoms with E-state index in [9.17, 15) is 17.2 Å². The van der Waals surface area contributed by atoms with Crippen LogP contribution in [0, 0.1) is 11.6 Å². The largest absolute Gasteiger partial charge is 0.369 e. The number of rotatable bonds is 9. The summed E-state index contributed by atoms with van der Waals surface area (Å²) >= 11 is 0. The number of nitrogens with zero attached hydrogens (tertiary/aromatic N) is 3. The minimum Gasteiger partial charge on any atom is -0.369 e. The SMILES string of the molecule is CNCCCNc1nc(CN(C)S(=O)(=O)c2ccc(F)c(F)c2)nc2ccccc12. The third-order valence-electron chi connectivity index (χ3n) is 4.51. The Morgan fingerprint density at radius 3 is 2.53 bits per heavy atom. The van der Waals surface area contributed by atoms with E-state index in [1.807, 2.05) is 31.3 Å². The van der Waals surface area contributed by atoms with E-state index in [0.717, 1.165) is 34.8 Å². The number of sulfonamides is 1. The number of halogens is 2. The normalized spacial score (nSPS) is 11.9. The first kappa shape index (κ1) is 22.0. The molecular formula is C20H23F2N5O2S. The van der Waals surface area contributed by atoms with Crippen molar-refractivity contribution in [1.82, 2.24) is 19.6 Å². The summed E-state index contributed by atoms with van der Waals surface area (Å²) in [6, 6.07) is 9.91. The number of nitrogens with one attached hydrogen (secondary N) is 2. The predicted molar refractivity (Wildman–Crippen MR) is 112 cm³/mol. The topological polar surface area (TPSA) is 87.2 Å². The lowest BCUT2D eigenvalue weighted by atomic mass is 10.2. The van der Waals surface area contributed by atoms with Crippen LogP contribution >= 0.6 is 0 Å². The summed E-state index contributed by atoms with van der Waals surface area (Å²) in [5.74, 6) is -1.42. The van der Waals surface area contributed by atoms with Gasteiger partial charge in [0.25, 0.3) is 0 Å². The van der Waals surface area contributed by atoms with Crippen LogP contribution in [0.15, 0.2) is 47.4 Å². The third kappa shape index (κ3) is 4.89. The molecule has 1 aromatic heterocycles. The van der Waals surface area contributed by atoms with Crippen LogP contribution < -0.4 is 10.6 Å². The molecule has 3 rings (SSSR count). The van der Waals surface area contributed by atoms with Gasteiger partial charge in [0.2, 0.25) is 10.0 Å². The average Bonchev–Trinajstić information content (AvgIpc) is 2.73. The molecular weight excluding hydrogens is 412 g/mol. The molecule has 0 spiro atoms. The molecule has 0 aliphatic heterocycles. The standard InChI is InChI=1S/C20H23F2N5O2S/c1-23-10-5-11-24-20-15-6-3-4-7-18(15)25-19(26-20)13-27(2)30(28,29)14-8-9-16(21)17(22)12-14/h3-4,6-9,12,23H,5,10-11,13H2,1-2H3,(H,24,25,26). The maximum Gasteiger partial charge on any atom is 0.243 e. The van der Waals surface area contributed by atoms with Crippen LogP contribution in [0.4, 0.5) is 14.6 Å². The summed E-state index contributed by atoms with van der Waals surface area (Å²) in [6.45, 7) is 1.40. The van der Waals surface area contributed by atoms with Crippen LogP contribution in [-0.2, 0) is 16.6 Å². The molecule has 0 fully saturated rings. The number of fused-ring (bicyclic) bond motifs is 1. The summed E-state index contributed by atoms with van der Waals surface area (Å²) < 4.78 is 53.2. The molecule has 0 atom stereocenters. The highest BCUT2D eigenvalue weighted by Gasteiger charge is 2.23. The van der Waals surface area contributed by atoms with Crippen molar-refractivity contribution in [3.05, 3.63) is 59.9 Å². The van der Waals surface area contributed by atoms with Crippen molar-refractivity contribution in [3.8, 4) is 0 Å². The molecule has 160 valence electrons. The van der Waals surface area contributed by atoms with Crippen LogP contribution in [0.1, 0.15) is 12.2 Å². The van der Waals surface area contributed by atoms with Crippen molar-refractivity contribution < 1.29 is 17.2 Å². The highest BCUT2D eigenvalue weighted by molar-refractivity contribution is 7.89. The zero-order chi connectivity index (χ0) is 21.7. The average molecular weight is 436 g/mol. The summed E-state index contributed by atoms with van der Waals surface area (Å²) in [5, 5.41) is 7.17. The maximum atomic E-state index is 13.5. The van der Waals surface area contributed by atoms with Gasteiger partial charge in [0.1, 0.15) is 11.6 Å². The van der Waals surface area contributed by atoms with Gasteiger partial charge >= 0.3 is 0 Å². The molecule has 0 aliphatic rings. The van der Waals surface area contributed by atoms with Gasteiger partial charge in [-0.15, -0.1) is 0 Å². The fourth-order valence-electron chi connectivity index (χ4n) is 2.90. The fourth-order valence-corrected chi connectivity index (χ4v) is 4.04. The summed E-state index contributed by atoms with van der Waals surface area (Å²) in [6.07, 6.45) is 0.884.